The number of carbonyl (C=O) groups is 2. The number of aliphatic hydroxyl groups is 1. The van der Waals surface area contributed by atoms with E-state index in [1.165, 1.54) is 27.0 Å². The molecule has 0 unspecified atom stereocenters. The van der Waals surface area contributed by atoms with Crippen molar-refractivity contribution < 1.29 is 41.9 Å². The number of hydrogen-bond donors (Lipinski definition) is 3. The van der Waals surface area contributed by atoms with Gasteiger partial charge in [-0.25, -0.2) is 4.98 Å². The number of aromatic nitrogens is 3. The van der Waals surface area contributed by atoms with Crippen LogP contribution in [-0.2, 0) is 33.9 Å². The summed E-state index contributed by atoms with van der Waals surface area (Å²) in [6.45, 7) is 3.20. The van der Waals surface area contributed by atoms with Gasteiger partial charge in [-0.3, -0.25) is 23.5 Å². The Morgan fingerprint density at radius 1 is 1.28 bits per heavy atom. The van der Waals surface area contributed by atoms with Crippen LogP contribution in [0.3, 0.4) is 0 Å². The summed E-state index contributed by atoms with van der Waals surface area (Å²) in [7, 11) is -3.66. The van der Waals surface area contributed by atoms with Gasteiger partial charge in [0.05, 0.1) is 23.3 Å². The number of hydrogen-bond acceptors (Lipinski definition) is 13. The van der Waals surface area contributed by atoms with Crippen molar-refractivity contribution >= 4 is 49.7 Å². The van der Waals surface area contributed by atoms with E-state index in [-0.39, 0.29) is 17.3 Å². The third-order valence-corrected chi connectivity index (χ3v) is 5.67. The summed E-state index contributed by atoms with van der Waals surface area (Å²) >= 11 is 0.855. The minimum absolute atomic E-state index is 0.0543. The summed E-state index contributed by atoms with van der Waals surface area (Å²) in [6.07, 6.45) is -3.00. The molecule has 0 aromatic carbocycles. The molecule has 0 spiro atoms. The van der Waals surface area contributed by atoms with E-state index in [0.29, 0.717) is 4.70 Å². The van der Waals surface area contributed by atoms with E-state index in [1.54, 1.807) is 0 Å². The highest BCUT2D eigenvalue weighted by Crippen LogP contribution is 2.35. The average Bonchev–Trinajstić information content (AvgIpc) is 3.17. The van der Waals surface area contributed by atoms with Crippen LogP contribution in [0.4, 0.5) is 5.95 Å². The Morgan fingerprint density at radius 2 is 1.84 bits per heavy atom. The van der Waals surface area contributed by atoms with Gasteiger partial charge in [-0.2, -0.15) is 13.4 Å². The highest BCUT2D eigenvalue weighted by Gasteiger charge is 2.50. The average molecular weight is 495 g/mol. The van der Waals surface area contributed by atoms with Gasteiger partial charge < -0.3 is 25.1 Å². The molecule has 2 aromatic heterocycles. The number of ether oxygens (including phenoxy) is 3. The van der Waals surface area contributed by atoms with Crippen LogP contribution in [-0.4, -0.2) is 75.2 Å². The van der Waals surface area contributed by atoms with Gasteiger partial charge in [0.25, 0.3) is 10.1 Å². The van der Waals surface area contributed by atoms with E-state index in [2.05, 4.69) is 9.97 Å². The molecule has 0 radical (unpaired) electrons. The van der Waals surface area contributed by atoms with Crippen molar-refractivity contribution in [3.63, 3.8) is 0 Å². The minimum Gasteiger partial charge on any atom is -0.456 e. The normalized spacial score (nSPS) is 22.8. The summed E-state index contributed by atoms with van der Waals surface area (Å²) < 4.78 is 44.6. The summed E-state index contributed by atoms with van der Waals surface area (Å²) in [6, 6.07) is 0. The largest absolute Gasteiger partial charge is 0.456 e. The Labute approximate surface area is 185 Å². The molecule has 1 saturated heterocycles. The van der Waals surface area contributed by atoms with Gasteiger partial charge in [0.2, 0.25) is 5.95 Å². The zero-order chi connectivity index (χ0) is 24.2. The van der Waals surface area contributed by atoms with Crippen LogP contribution >= 0.6 is 11.3 Å². The highest BCUT2D eigenvalue weighted by atomic mass is 32.2. The molecule has 178 valence electrons. The Morgan fingerprint density at radius 3 is 2.34 bits per heavy atom. The first kappa shape index (κ1) is 25.6. The van der Waals surface area contributed by atoms with Crippen molar-refractivity contribution in [2.24, 2.45) is 0 Å². The molecule has 1 aliphatic rings. The van der Waals surface area contributed by atoms with Gasteiger partial charge in [0.1, 0.15) is 6.10 Å². The number of thiazole rings is 1. The molecule has 4 atom stereocenters. The number of nitrogen functional groups attached to an aromatic ring is 1. The van der Waals surface area contributed by atoms with E-state index in [1.807, 2.05) is 0 Å². The second kappa shape index (κ2) is 10.3. The molecule has 14 nitrogen and oxygen atoms in total. The fraction of sp³-hybridized carbons (Fsp3) is 0.562. The Hall–Kier alpha value is -2.66. The van der Waals surface area contributed by atoms with Crippen LogP contribution in [0.2, 0.25) is 0 Å². The van der Waals surface area contributed by atoms with Crippen LogP contribution < -0.4 is 10.6 Å². The lowest BCUT2D eigenvalue weighted by Crippen LogP contribution is -2.40. The van der Waals surface area contributed by atoms with Crippen molar-refractivity contribution in [2.75, 3.05) is 18.1 Å². The van der Waals surface area contributed by atoms with E-state index < -0.39 is 58.1 Å². The summed E-state index contributed by atoms with van der Waals surface area (Å²) in [5, 5.41) is 9.56. The quantitative estimate of drug-likeness (QED) is 0.339. The van der Waals surface area contributed by atoms with Gasteiger partial charge in [-0.05, 0) is 6.92 Å². The van der Waals surface area contributed by atoms with Crippen LogP contribution in [0.5, 0.6) is 0 Å². The monoisotopic (exact) mass is 494 g/mol. The van der Waals surface area contributed by atoms with E-state index in [4.69, 9.17) is 24.5 Å². The molecule has 1 aliphatic heterocycles. The number of fused-ring (bicyclic) bond motifs is 1. The first-order valence-electron chi connectivity index (χ1n) is 9.07. The molecule has 0 aliphatic carbocycles. The second-order valence-electron chi connectivity index (χ2n) is 6.42. The van der Waals surface area contributed by atoms with E-state index >= 15 is 0 Å². The fourth-order valence-electron chi connectivity index (χ4n) is 2.79. The molecule has 4 N–H and O–H groups in total. The van der Waals surface area contributed by atoms with Gasteiger partial charge in [0.15, 0.2) is 24.1 Å². The standard InChI is InChI=1S/C14H16N4O7S.C2H6O3S/c1-5(20)23-9-7(4-19)25-12(10(9)24-6(2)21)18-11-8(26-14(18)22)3-16-13(15)17-11;1-2-6(3,4)5/h3,7,9-10,12,19H,4H2,1-2H3,(H2,15,16,17);2H2,1H3,(H,3,4,5)/t7-,9-,10-,12-;/m1./s1. The first-order valence-corrected chi connectivity index (χ1v) is 11.5. The molecule has 1 fully saturated rings. The number of esters is 2. The summed E-state index contributed by atoms with van der Waals surface area (Å²) in [4.78, 5) is 42.8. The Balaban J connectivity index is 0.000000534. The van der Waals surface area contributed by atoms with Crippen molar-refractivity contribution in [2.45, 2.75) is 45.3 Å². The molecule has 0 amide bonds. The zero-order valence-electron chi connectivity index (χ0n) is 17.2. The molecule has 3 heterocycles. The lowest BCUT2D eigenvalue weighted by Gasteiger charge is -2.23. The SMILES string of the molecule is CC(=O)O[C@@H]1[C@H](OC(C)=O)[C@@H](CO)O[C@H]1n1c(=O)sc2cnc(N)nc21.CCS(=O)(=O)O. The van der Waals surface area contributed by atoms with Crippen molar-refractivity contribution in [1.82, 2.24) is 14.5 Å². The van der Waals surface area contributed by atoms with Crippen LogP contribution in [0.15, 0.2) is 11.0 Å². The number of rotatable bonds is 5. The Bertz CT molecular complexity index is 1150. The highest BCUT2D eigenvalue weighted by molar-refractivity contribution is 7.85. The summed E-state index contributed by atoms with van der Waals surface area (Å²) in [5.74, 6) is -1.57. The smallest absolute Gasteiger partial charge is 0.311 e. The van der Waals surface area contributed by atoms with Crippen molar-refractivity contribution in [1.29, 1.82) is 0 Å². The van der Waals surface area contributed by atoms with E-state index in [9.17, 15) is 27.9 Å². The Kier molecular flexibility index (Phi) is 8.24. The minimum atomic E-state index is -3.66. The predicted molar refractivity (Wildman–Crippen MR) is 110 cm³/mol. The van der Waals surface area contributed by atoms with E-state index in [0.717, 1.165) is 15.9 Å². The molecular formula is C16H22N4O10S2. The van der Waals surface area contributed by atoms with Gasteiger partial charge in [0, 0.05) is 13.8 Å². The van der Waals surface area contributed by atoms with Crippen molar-refractivity contribution in [3.8, 4) is 0 Å². The predicted octanol–water partition coefficient (Wildman–Crippen LogP) is -0.918. The molecule has 0 bridgehead atoms. The molecule has 2 aromatic rings. The number of anilines is 1. The zero-order valence-corrected chi connectivity index (χ0v) is 18.8. The lowest BCUT2D eigenvalue weighted by atomic mass is 10.1. The van der Waals surface area contributed by atoms with Gasteiger partial charge >= 0.3 is 16.8 Å². The molecule has 32 heavy (non-hydrogen) atoms. The van der Waals surface area contributed by atoms with Crippen LogP contribution in [0, 0.1) is 0 Å². The molecule has 3 rings (SSSR count). The van der Waals surface area contributed by atoms with Crippen molar-refractivity contribution in [3.05, 3.63) is 15.9 Å². The fourth-order valence-corrected chi connectivity index (χ4v) is 3.61. The lowest BCUT2D eigenvalue weighted by molar-refractivity contribution is -0.165. The van der Waals surface area contributed by atoms with Gasteiger partial charge in [-0.15, -0.1) is 0 Å². The third kappa shape index (κ3) is 6.19. The second-order valence-corrected chi connectivity index (χ2v) is 9.15. The maximum Gasteiger partial charge on any atom is 0.311 e. The van der Waals surface area contributed by atoms with Crippen LogP contribution in [0.25, 0.3) is 10.3 Å². The number of aliphatic hydroxyl groups excluding tert-OH is 1. The van der Waals surface area contributed by atoms with Gasteiger partial charge in [-0.1, -0.05) is 11.3 Å². The number of carbonyl (C=O) groups excluding carboxylic acids is 2. The first-order chi connectivity index (χ1) is 14.9. The number of nitrogens with zero attached hydrogens (tertiary/aromatic N) is 3. The summed E-state index contributed by atoms with van der Waals surface area (Å²) in [5.41, 5.74) is 5.78. The molecule has 16 heteroatoms. The molecular weight excluding hydrogens is 472 g/mol. The topological polar surface area (TPSA) is 210 Å². The number of nitrogens with two attached hydrogens (primary N) is 1. The third-order valence-electron chi connectivity index (χ3n) is 4.07. The molecule has 0 saturated carbocycles. The maximum atomic E-state index is 12.5. The maximum absolute atomic E-state index is 12.5. The van der Waals surface area contributed by atoms with Crippen LogP contribution in [0.1, 0.15) is 27.0 Å².